The standard InChI is InChI=1S/C14H22N2O3S/c1-14(8-4-3-5-9-14)16-20(17,18)13-7-6-11(19-2)10-12(13)15/h6-7,10,16H,3-5,8-9,15H2,1-2H3. The Bertz CT molecular complexity index is 578. The van der Waals surface area contributed by atoms with Crippen molar-refractivity contribution in [2.75, 3.05) is 12.8 Å². The van der Waals surface area contributed by atoms with E-state index in [2.05, 4.69) is 4.72 Å². The van der Waals surface area contributed by atoms with Gasteiger partial charge in [-0.2, -0.15) is 0 Å². The van der Waals surface area contributed by atoms with Gasteiger partial charge in [-0.25, -0.2) is 13.1 Å². The maximum absolute atomic E-state index is 12.5. The fraction of sp³-hybridized carbons (Fsp3) is 0.571. The first-order valence-corrected chi connectivity index (χ1v) is 8.32. The lowest BCUT2D eigenvalue weighted by atomic mass is 9.84. The summed E-state index contributed by atoms with van der Waals surface area (Å²) < 4.78 is 32.8. The number of anilines is 1. The minimum atomic E-state index is -3.60. The average molecular weight is 298 g/mol. The number of benzene rings is 1. The first-order chi connectivity index (χ1) is 9.36. The molecule has 20 heavy (non-hydrogen) atoms. The van der Waals surface area contributed by atoms with Crippen LogP contribution < -0.4 is 15.2 Å². The number of rotatable bonds is 4. The van der Waals surface area contributed by atoms with Gasteiger partial charge in [0.1, 0.15) is 10.6 Å². The third kappa shape index (κ3) is 3.24. The van der Waals surface area contributed by atoms with Crippen molar-refractivity contribution < 1.29 is 13.2 Å². The summed E-state index contributed by atoms with van der Waals surface area (Å²) in [6, 6.07) is 4.62. The first kappa shape index (κ1) is 15.1. The van der Waals surface area contributed by atoms with Crippen molar-refractivity contribution in [2.24, 2.45) is 0 Å². The molecule has 6 heteroatoms. The third-order valence-electron chi connectivity index (χ3n) is 3.84. The van der Waals surface area contributed by atoms with E-state index in [1.165, 1.54) is 25.7 Å². The van der Waals surface area contributed by atoms with E-state index in [9.17, 15) is 8.42 Å². The van der Waals surface area contributed by atoms with Crippen LogP contribution in [0, 0.1) is 0 Å². The van der Waals surface area contributed by atoms with Gasteiger partial charge in [0, 0.05) is 11.6 Å². The Morgan fingerprint density at radius 1 is 1.25 bits per heavy atom. The molecule has 1 saturated carbocycles. The molecule has 3 N–H and O–H groups in total. The molecule has 0 spiro atoms. The molecule has 0 unspecified atom stereocenters. The Kier molecular flexibility index (Phi) is 4.25. The van der Waals surface area contributed by atoms with Crippen LogP contribution in [0.1, 0.15) is 39.0 Å². The van der Waals surface area contributed by atoms with Crippen molar-refractivity contribution in [3.8, 4) is 5.75 Å². The molecule has 1 aromatic carbocycles. The van der Waals surface area contributed by atoms with Crippen molar-refractivity contribution in [1.29, 1.82) is 0 Å². The minimum absolute atomic E-state index is 0.116. The largest absolute Gasteiger partial charge is 0.497 e. The zero-order valence-corrected chi connectivity index (χ0v) is 12.8. The Morgan fingerprint density at radius 2 is 1.90 bits per heavy atom. The van der Waals surface area contributed by atoms with Crippen LogP contribution in [-0.2, 0) is 10.0 Å². The monoisotopic (exact) mass is 298 g/mol. The lowest BCUT2D eigenvalue weighted by molar-refractivity contribution is 0.294. The van der Waals surface area contributed by atoms with Crippen LogP contribution in [0.5, 0.6) is 5.75 Å². The van der Waals surface area contributed by atoms with Gasteiger partial charge in [-0.05, 0) is 31.9 Å². The summed E-state index contributed by atoms with van der Waals surface area (Å²) in [7, 11) is -2.09. The molecule has 1 aromatic rings. The number of nitrogens with one attached hydrogen (secondary N) is 1. The number of methoxy groups -OCH3 is 1. The fourth-order valence-corrected chi connectivity index (χ4v) is 4.29. The summed E-state index contributed by atoms with van der Waals surface area (Å²) in [4.78, 5) is 0.116. The summed E-state index contributed by atoms with van der Waals surface area (Å²) in [5.41, 5.74) is 5.67. The number of nitrogens with two attached hydrogens (primary N) is 1. The molecule has 0 aromatic heterocycles. The molecule has 0 aliphatic heterocycles. The highest BCUT2D eigenvalue weighted by molar-refractivity contribution is 7.89. The van der Waals surface area contributed by atoms with Gasteiger partial charge in [0.25, 0.3) is 0 Å². The second-order valence-electron chi connectivity index (χ2n) is 5.63. The minimum Gasteiger partial charge on any atom is -0.497 e. The van der Waals surface area contributed by atoms with E-state index < -0.39 is 10.0 Å². The summed E-state index contributed by atoms with van der Waals surface area (Å²) in [5.74, 6) is 0.547. The Hall–Kier alpha value is -1.27. The van der Waals surface area contributed by atoms with E-state index in [1.54, 1.807) is 6.07 Å². The summed E-state index contributed by atoms with van der Waals surface area (Å²) in [5, 5.41) is 0. The van der Waals surface area contributed by atoms with E-state index in [4.69, 9.17) is 10.5 Å². The molecule has 0 saturated heterocycles. The van der Waals surface area contributed by atoms with Crippen molar-refractivity contribution in [3.63, 3.8) is 0 Å². The van der Waals surface area contributed by atoms with Gasteiger partial charge in [-0.3, -0.25) is 0 Å². The van der Waals surface area contributed by atoms with Crippen molar-refractivity contribution in [3.05, 3.63) is 18.2 Å². The molecule has 1 fully saturated rings. The fourth-order valence-electron chi connectivity index (χ4n) is 2.71. The van der Waals surface area contributed by atoms with Crippen LogP contribution in [0.15, 0.2) is 23.1 Å². The molecule has 0 atom stereocenters. The van der Waals surface area contributed by atoms with E-state index in [-0.39, 0.29) is 16.1 Å². The maximum Gasteiger partial charge on any atom is 0.243 e. The molecule has 2 rings (SSSR count). The highest BCUT2D eigenvalue weighted by atomic mass is 32.2. The van der Waals surface area contributed by atoms with Gasteiger partial charge in [-0.15, -0.1) is 0 Å². The Balaban J connectivity index is 2.26. The van der Waals surface area contributed by atoms with Crippen LogP contribution >= 0.6 is 0 Å². The SMILES string of the molecule is COc1ccc(S(=O)(=O)NC2(C)CCCCC2)c(N)c1. The zero-order valence-electron chi connectivity index (χ0n) is 12.0. The van der Waals surface area contributed by atoms with Gasteiger partial charge >= 0.3 is 0 Å². The topological polar surface area (TPSA) is 81.4 Å². The third-order valence-corrected chi connectivity index (χ3v) is 5.56. The Morgan fingerprint density at radius 3 is 2.45 bits per heavy atom. The van der Waals surface area contributed by atoms with Crippen molar-refractivity contribution in [2.45, 2.75) is 49.5 Å². The number of nitrogen functional groups attached to an aromatic ring is 1. The Labute approximate surface area is 120 Å². The summed E-state index contributed by atoms with van der Waals surface area (Å²) >= 11 is 0. The predicted molar refractivity (Wildman–Crippen MR) is 79.2 cm³/mol. The molecule has 5 nitrogen and oxygen atoms in total. The maximum atomic E-state index is 12.5. The van der Waals surface area contributed by atoms with Crippen LogP contribution in [0.2, 0.25) is 0 Å². The van der Waals surface area contributed by atoms with Gasteiger partial charge in [0.05, 0.1) is 12.8 Å². The molecule has 0 heterocycles. The number of ether oxygens (including phenoxy) is 1. The van der Waals surface area contributed by atoms with Crippen molar-refractivity contribution >= 4 is 15.7 Å². The molecule has 1 aliphatic carbocycles. The van der Waals surface area contributed by atoms with Crippen LogP contribution in [0.4, 0.5) is 5.69 Å². The number of sulfonamides is 1. The second-order valence-corrected chi connectivity index (χ2v) is 7.28. The highest BCUT2D eigenvalue weighted by Gasteiger charge is 2.32. The average Bonchev–Trinajstić information content (AvgIpc) is 2.37. The lowest BCUT2D eigenvalue weighted by Gasteiger charge is -2.34. The molecular weight excluding hydrogens is 276 g/mol. The molecule has 0 amide bonds. The van der Waals surface area contributed by atoms with E-state index in [1.807, 2.05) is 6.92 Å². The van der Waals surface area contributed by atoms with Crippen molar-refractivity contribution in [1.82, 2.24) is 4.72 Å². The van der Waals surface area contributed by atoms with E-state index >= 15 is 0 Å². The molecule has 0 radical (unpaired) electrons. The van der Waals surface area contributed by atoms with Gasteiger partial charge in [0.2, 0.25) is 10.0 Å². The summed E-state index contributed by atoms with van der Waals surface area (Å²) in [6.45, 7) is 1.96. The normalized spacial score (nSPS) is 18.7. The van der Waals surface area contributed by atoms with Crippen LogP contribution in [0.25, 0.3) is 0 Å². The van der Waals surface area contributed by atoms with Gasteiger partial charge < -0.3 is 10.5 Å². The molecule has 0 bridgehead atoms. The lowest BCUT2D eigenvalue weighted by Crippen LogP contribution is -2.47. The molecule has 112 valence electrons. The quantitative estimate of drug-likeness (QED) is 0.836. The van der Waals surface area contributed by atoms with E-state index in [0.29, 0.717) is 5.75 Å². The number of hydrogen-bond acceptors (Lipinski definition) is 4. The van der Waals surface area contributed by atoms with Gasteiger partial charge in [-0.1, -0.05) is 19.3 Å². The second kappa shape index (κ2) is 5.61. The predicted octanol–water partition coefficient (Wildman–Crippen LogP) is 2.28. The smallest absolute Gasteiger partial charge is 0.243 e. The summed E-state index contributed by atoms with van der Waals surface area (Å²) in [6.07, 6.45) is 5.00. The van der Waals surface area contributed by atoms with Crippen LogP contribution in [0.3, 0.4) is 0 Å². The van der Waals surface area contributed by atoms with Gasteiger partial charge in [0.15, 0.2) is 0 Å². The van der Waals surface area contributed by atoms with E-state index in [0.717, 1.165) is 25.7 Å². The molecule has 1 aliphatic rings. The zero-order chi connectivity index (χ0) is 14.8. The highest BCUT2D eigenvalue weighted by Crippen LogP contribution is 2.31. The van der Waals surface area contributed by atoms with Crippen LogP contribution in [-0.4, -0.2) is 21.1 Å². The molecular formula is C14H22N2O3S. The first-order valence-electron chi connectivity index (χ1n) is 6.84. The number of hydrogen-bond donors (Lipinski definition) is 2.